The summed E-state index contributed by atoms with van der Waals surface area (Å²) >= 11 is 0. The molecule has 0 aliphatic heterocycles. The first-order valence-corrected chi connectivity index (χ1v) is 10.4. The molecule has 0 spiro atoms. The Morgan fingerprint density at radius 2 is 1.67 bits per heavy atom. The van der Waals surface area contributed by atoms with Crippen molar-refractivity contribution in [3.05, 3.63) is 46.9 Å². The van der Waals surface area contributed by atoms with Crippen molar-refractivity contribution in [1.82, 2.24) is 15.0 Å². The molecule has 0 saturated heterocycles. The van der Waals surface area contributed by atoms with Gasteiger partial charge in [0.05, 0.1) is 16.7 Å². The van der Waals surface area contributed by atoms with E-state index in [9.17, 15) is 0 Å². The first kappa shape index (κ1) is 21.1. The largest absolute Gasteiger partial charge is 0.360 e. The predicted molar refractivity (Wildman–Crippen MR) is 117 cm³/mol. The number of aryl methyl sites for hydroxylation is 3. The third-order valence-corrected chi connectivity index (χ3v) is 4.98. The summed E-state index contributed by atoms with van der Waals surface area (Å²) in [4.78, 5) is 13.2. The van der Waals surface area contributed by atoms with Crippen molar-refractivity contribution >= 4 is 11.0 Å². The molecule has 146 valence electrons. The average Bonchev–Trinajstić information content (AvgIpc) is 3.06. The minimum atomic E-state index is 0.447. The first-order chi connectivity index (χ1) is 13.0. The Balaban J connectivity index is 0.000000596. The fourth-order valence-corrected chi connectivity index (χ4v) is 3.05. The van der Waals surface area contributed by atoms with Crippen LogP contribution >= 0.6 is 0 Å². The Hall–Kier alpha value is -2.16. The molecule has 0 radical (unpaired) electrons. The van der Waals surface area contributed by atoms with Gasteiger partial charge in [0.2, 0.25) is 0 Å². The topological polar surface area (TPSA) is 41.6 Å². The molecule has 3 heterocycles. The van der Waals surface area contributed by atoms with Crippen molar-refractivity contribution in [2.75, 3.05) is 0 Å². The normalized spacial score (nSPS) is 11.0. The molecule has 0 aliphatic carbocycles. The average molecular weight is 366 g/mol. The molecule has 0 unspecified atom stereocenters. The number of nitrogens with zero attached hydrogens (tertiary/aromatic N) is 2. The van der Waals surface area contributed by atoms with Gasteiger partial charge in [0.25, 0.3) is 0 Å². The van der Waals surface area contributed by atoms with Gasteiger partial charge in [-0.3, -0.25) is 4.98 Å². The number of nitrogens with one attached hydrogen (secondary N) is 1. The second-order valence-electron chi connectivity index (χ2n) is 7.46. The smallest absolute Gasteiger partial charge is 0.0915 e. The molecule has 0 atom stereocenters. The molecule has 27 heavy (non-hydrogen) atoms. The Morgan fingerprint density at radius 3 is 2.22 bits per heavy atom. The molecular formula is C24H35N3. The summed E-state index contributed by atoms with van der Waals surface area (Å²) in [7, 11) is 0. The van der Waals surface area contributed by atoms with E-state index in [0.717, 1.165) is 41.0 Å². The van der Waals surface area contributed by atoms with E-state index in [0.29, 0.717) is 5.92 Å². The molecule has 3 aromatic heterocycles. The van der Waals surface area contributed by atoms with E-state index in [2.05, 4.69) is 71.6 Å². The van der Waals surface area contributed by atoms with E-state index in [-0.39, 0.29) is 0 Å². The van der Waals surface area contributed by atoms with Crippen LogP contribution in [0, 0.1) is 6.92 Å². The summed E-state index contributed by atoms with van der Waals surface area (Å²) in [6.07, 6.45) is 6.55. The number of fused-ring (bicyclic) bond motifs is 1. The molecule has 3 rings (SSSR count). The summed E-state index contributed by atoms with van der Waals surface area (Å²) in [5.74, 6) is 0.447. The third-order valence-electron chi connectivity index (χ3n) is 4.98. The van der Waals surface area contributed by atoms with E-state index in [4.69, 9.17) is 9.97 Å². The standard InChI is InChI=1S/C20H25N3.C4H10/c1-6-14-10-18-19(13(5)11-21-18)23-20(14)15-8-9-17(12(3)4)22-16(15)7-2;1-3-4-2/h8-12,21H,6-7H2,1-5H3;3-4H2,1-2H3. The summed E-state index contributed by atoms with van der Waals surface area (Å²) in [6.45, 7) is 15.2. The Bertz CT molecular complexity index is 873. The lowest BCUT2D eigenvalue weighted by Gasteiger charge is -2.14. The van der Waals surface area contributed by atoms with Gasteiger partial charge in [-0.1, -0.05) is 54.4 Å². The van der Waals surface area contributed by atoms with Gasteiger partial charge in [-0.15, -0.1) is 0 Å². The van der Waals surface area contributed by atoms with Crippen LogP contribution in [0.25, 0.3) is 22.3 Å². The van der Waals surface area contributed by atoms with Crippen LogP contribution in [0.5, 0.6) is 0 Å². The monoisotopic (exact) mass is 365 g/mol. The maximum Gasteiger partial charge on any atom is 0.0915 e. The fraction of sp³-hybridized carbons (Fsp3) is 0.500. The second-order valence-corrected chi connectivity index (χ2v) is 7.46. The highest BCUT2D eigenvalue weighted by Crippen LogP contribution is 2.30. The summed E-state index contributed by atoms with van der Waals surface area (Å²) < 4.78 is 0. The molecule has 3 heteroatoms. The van der Waals surface area contributed by atoms with Gasteiger partial charge in [0, 0.05) is 23.1 Å². The van der Waals surface area contributed by atoms with Crippen LogP contribution in [0.2, 0.25) is 0 Å². The van der Waals surface area contributed by atoms with Crippen LogP contribution in [0.3, 0.4) is 0 Å². The van der Waals surface area contributed by atoms with Crippen molar-refractivity contribution < 1.29 is 0 Å². The van der Waals surface area contributed by atoms with Gasteiger partial charge >= 0.3 is 0 Å². The third kappa shape index (κ3) is 4.77. The Morgan fingerprint density at radius 1 is 0.963 bits per heavy atom. The lowest BCUT2D eigenvalue weighted by Crippen LogP contribution is -2.02. The molecule has 1 N–H and O–H groups in total. The SMILES string of the molecule is CCCC.CCc1cc2[nH]cc(C)c2nc1-c1ccc(C(C)C)nc1CC. The highest BCUT2D eigenvalue weighted by atomic mass is 14.8. The van der Waals surface area contributed by atoms with Gasteiger partial charge in [0.15, 0.2) is 0 Å². The minimum Gasteiger partial charge on any atom is -0.360 e. The number of hydrogen-bond donors (Lipinski definition) is 1. The van der Waals surface area contributed by atoms with E-state index in [1.807, 2.05) is 6.20 Å². The van der Waals surface area contributed by atoms with Crippen LogP contribution in [-0.2, 0) is 12.8 Å². The van der Waals surface area contributed by atoms with Crippen LogP contribution < -0.4 is 0 Å². The molecule has 0 amide bonds. The molecule has 0 saturated carbocycles. The van der Waals surface area contributed by atoms with Crippen molar-refractivity contribution in [3.8, 4) is 11.3 Å². The fourth-order valence-electron chi connectivity index (χ4n) is 3.05. The van der Waals surface area contributed by atoms with Crippen LogP contribution in [0.1, 0.15) is 82.8 Å². The molecule has 0 aromatic carbocycles. The van der Waals surface area contributed by atoms with Crippen molar-refractivity contribution in [2.24, 2.45) is 0 Å². The molecule has 3 aromatic rings. The molecule has 0 fully saturated rings. The summed E-state index contributed by atoms with van der Waals surface area (Å²) in [5, 5.41) is 0. The van der Waals surface area contributed by atoms with E-state index < -0.39 is 0 Å². The minimum absolute atomic E-state index is 0.447. The van der Waals surface area contributed by atoms with E-state index >= 15 is 0 Å². The highest BCUT2D eigenvalue weighted by molar-refractivity contribution is 5.83. The number of aromatic nitrogens is 3. The first-order valence-electron chi connectivity index (χ1n) is 10.4. The number of pyridine rings is 2. The maximum atomic E-state index is 4.99. The second kappa shape index (κ2) is 9.68. The van der Waals surface area contributed by atoms with Crippen LogP contribution in [-0.4, -0.2) is 15.0 Å². The van der Waals surface area contributed by atoms with Gasteiger partial charge in [-0.2, -0.15) is 0 Å². The Labute approximate surface area is 164 Å². The lowest BCUT2D eigenvalue weighted by atomic mass is 9.99. The molecule has 3 nitrogen and oxygen atoms in total. The number of hydrogen-bond acceptors (Lipinski definition) is 2. The van der Waals surface area contributed by atoms with Gasteiger partial charge in [-0.25, -0.2) is 4.98 Å². The van der Waals surface area contributed by atoms with Crippen LogP contribution in [0.4, 0.5) is 0 Å². The lowest BCUT2D eigenvalue weighted by molar-refractivity contribution is 0.807. The Kier molecular flexibility index (Phi) is 7.58. The predicted octanol–water partition coefficient (Wildman–Crippen LogP) is 6.99. The number of H-pyrrole nitrogens is 1. The zero-order valence-electron chi connectivity index (χ0n) is 18.1. The molecule has 0 bridgehead atoms. The van der Waals surface area contributed by atoms with E-state index in [1.165, 1.54) is 29.5 Å². The zero-order chi connectivity index (χ0) is 20.0. The molecule has 0 aliphatic rings. The van der Waals surface area contributed by atoms with Crippen molar-refractivity contribution in [1.29, 1.82) is 0 Å². The highest BCUT2D eigenvalue weighted by Gasteiger charge is 2.15. The van der Waals surface area contributed by atoms with Crippen molar-refractivity contribution in [2.45, 2.75) is 80.1 Å². The van der Waals surface area contributed by atoms with Gasteiger partial charge < -0.3 is 4.98 Å². The quantitative estimate of drug-likeness (QED) is 0.529. The summed E-state index contributed by atoms with van der Waals surface area (Å²) in [5.41, 5.74) is 9.20. The number of rotatable bonds is 5. The maximum absolute atomic E-state index is 4.99. The van der Waals surface area contributed by atoms with Crippen molar-refractivity contribution in [3.63, 3.8) is 0 Å². The number of aromatic amines is 1. The van der Waals surface area contributed by atoms with Crippen LogP contribution in [0.15, 0.2) is 24.4 Å². The van der Waals surface area contributed by atoms with Gasteiger partial charge in [-0.05, 0) is 55.0 Å². The van der Waals surface area contributed by atoms with E-state index in [1.54, 1.807) is 0 Å². The zero-order valence-corrected chi connectivity index (χ0v) is 18.1. The molecular weight excluding hydrogens is 330 g/mol. The van der Waals surface area contributed by atoms with Gasteiger partial charge in [0.1, 0.15) is 0 Å². The number of unbranched alkanes of at least 4 members (excludes halogenated alkanes) is 1. The summed E-state index contributed by atoms with van der Waals surface area (Å²) in [6, 6.07) is 6.59.